The third-order valence-electron chi connectivity index (χ3n) is 3.72. The van der Waals surface area contributed by atoms with Gasteiger partial charge in [0, 0.05) is 6.07 Å². The second kappa shape index (κ2) is 7.48. The number of alkyl halides is 2. The van der Waals surface area contributed by atoms with E-state index in [0.717, 1.165) is 18.3 Å². The van der Waals surface area contributed by atoms with Gasteiger partial charge < -0.3 is 4.74 Å². The molecule has 0 unspecified atom stereocenters. The van der Waals surface area contributed by atoms with E-state index in [1.807, 2.05) is 0 Å². The van der Waals surface area contributed by atoms with Crippen molar-refractivity contribution in [3.05, 3.63) is 95.1 Å². The lowest BCUT2D eigenvalue weighted by atomic mass is 10.0. The van der Waals surface area contributed by atoms with Gasteiger partial charge in [-0.3, -0.25) is 9.78 Å². The number of Topliss-reactive ketones (excluding diaryl/α,β-unsaturated/α-hetero) is 1. The molecule has 4 nitrogen and oxygen atoms in total. The number of pyridine rings is 1. The molecule has 28 heavy (non-hydrogen) atoms. The molecule has 0 aliphatic rings. The Balaban J connectivity index is 1.80. The van der Waals surface area contributed by atoms with Crippen LogP contribution < -0.4 is 4.74 Å². The van der Waals surface area contributed by atoms with Gasteiger partial charge in [-0.1, -0.05) is 12.1 Å². The Labute approximate surface area is 156 Å². The Morgan fingerprint density at radius 2 is 1.68 bits per heavy atom. The van der Waals surface area contributed by atoms with E-state index >= 15 is 0 Å². The van der Waals surface area contributed by atoms with Crippen LogP contribution in [0.5, 0.6) is 11.5 Å². The predicted octanol–water partition coefficient (Wildman–Crippen LogP) is 5.68. The van der Waals surface area contributed by atoms with Crippen molar-refractivity contribution in [1.29, 1.82) is 0 Å². The number of hydrogen-bond acceptors (Lipinski definition) is 3. The first kappa shape index (κ1) is 19.0. The summed E-state index contributed by atoms with van der Waals surface area (Å²) in [4.78, 5) is 18.8. The van der Waals surface area contributed by atoms with E-state index in [1.165, 1.54) is 30.3 Å². The molecule has 0 atom stereocenters. The second-order valence-corrected chi connectivity index (χ2v) is 5.61. The Bertz CT molecular complexity index is 1060. The van der Waals surface area contributed by atoms with Crippen molar-refractivity contribution < 1.29 is 27.1 Å². The normalized spacial score (nSPS) is 11.0. The zero-order chi connectivity index (χ0) is 20.3. The lowest BCUT2D eigenvalue weighted by Gasteiger charge is -2.15. The first-order valence-corrected chi connectivity index (χ1v) is 7.81. The number of hydrogen-bond donors (Lipinski definition) is 0. The van der Waals surface area contributed by atoms with Crippen molar-refractivity contribution in [2.75, 3.05) is 0 Å². The van der Waals surface area contributed by atoms with Gasteiger partial charge in [-0.25, -0.2) is 13.6 Å². The van der Waals surface area contributed by atoms with Crippen molar-refractivity contribution in [1.82, 2.24) is 4.98 Å². The first-order chi connectivity index (χ1) is 13.3. The van der Waals surface area contributed by atoms with Gasteiger partial charge in [0.2, 0.25) is 5.78 Å². The molecule has 0 fully saturated rings. The van der Waals surface area contributed by atoms with Crippen molar-refractivity contribution in [3.8, 4) is 11.5 Å². The van der Waals surface area contributed by atoms with Crippen LogP contribution in [0.25, 0.3) is 4.85 Å². The lowest BCUT2D eigenvalue weighted by molar-refractivity contribution is 0.00422. The highest BCUT2D eigenvalue weighted by atomic mass is 19.3. The van der Waals surface area contributed by atoms with E-state index in [-0.39, 0.29) is 5.75 Å². The monoisotopic (exact) mass is 386 g/mol. The van der Waals surface area contributed by atoms with Crippen LogP contribution in [0, 0.1) is 18.2 Å². The van der Waals surface area contributed by atoms with E-state index in [4.69, 9.17) is 11.3 Å². The number of ketones is 1. The van der Waals surface area contributed by atoms with E-state index in [2.05, 4.69) is 9.83 Å². The summed E-state index contributed by atoms with van der Waals surface area (Å²) in [7, 11) is 0. The molecule has 3 rings (SSSR count). The van der Waals surface area contributed by atoms with Crippen LogP contribution in [-0.4, -0.2) is 10.8 Å². The van der Waals surface area contributed by atoms with Crippen molar-refractivity contribution >= 4 is 11.5 Å². The summed E-state index contributed by atoms with van der Waals surface area (Å²) in [5, 5.41) is 0. The Morgan fingerprint density at radius 1 is 1.00 bits per heavy atom. The number of carbonyl (C=O) groups excluding carboxylic acids is 1. The summed E-state index contributed by atoms with van der Waals surface area (Å²) >= 11 is 0. The minimum atomic E-state index is -4.12. The number of aromatic nitrogens is 1. The molecule has 2 aromatic carbocycles. The van der Waals surface area contributed by atoms with Crippen LogP contribution in [0.4, 0.5) is 23.2 Å². The van der Waals surface area contributed by atoms with Crippen LogP contribution in [0.2, 0.25) is 0 Å². The highest BCUT2D eigenvalue weighted by Gasteiger charge is 2.44. The summed E-state index contributed by atoms with van der Waals surface area (Å²) in [6.07, 6.45) is 0.986. The third-order valence-corrected chi connectivity index (χ3v) is 3.72. The molecular weight excluding hydrogens is 376 g/mol. The van der Waals surface area contributed by atoms with Crippen molar-refractivity contribution in [3.63, 3.8) is 0 Å². The van der Waals surface area contributed by atoms with Crippen LogP contribution in [0.1, 0.15) is 16.1 Å². The maximum atomic E-state index is 14.4. The summed E-state index contributed by atoms with van der Waals surface area (Å²) in [6, 6.07) is 9.87. The maximum absolute atomic E-state index is 14.4. The summed E-state index contributed by atoms with van der Waals surface area (Å²) in [5.74, 6) is -7.84. The molecule has 0 spiro atoms. The average Bonchev–Trinajstić information content (AvgIpc) is 2.68. The van der Waals surface area contributed by atoms with Gasteiger partial charge in [0.15, 0.2) is 5.69 Å². The molecule has 3 aromatic rings. The smallest absolute Gasteiger partial charge is 0.351 e. The fourth-order valence-corrected chi connectivity index (χ4v) is 2.31. The minimum absolute atomic E-state index is 0.121. The molecular formula is C20H10F4N2O2. The quantitative estimate of drug-likeness (QED) is 0.322. The van der Waals surface area contributed by atoms with E-state index in [1.54, 1.807) is 0 Å². The summed E-state index contributed by atoms with van der Waals surface area (Å²) < 4.78 is 60.8. The van der Waals surface area contributed by atoms with Gasteiger partial charge in [0.25, 0.3) is 0 Å². The highest BCUT2D eigenvalue weighted by molar-refractivity contribution is 6.01. The van der Waals surface area contributed by atoms with Gasteiger partial charge in [0.1, 0.15) is 28.8 Å². The summed E-state index contributed by atoms with van der Waals surface area (Å²) in [6.45, 7) is 6.87. The van der Waals surface area contributed by atoms with Gasteiger partial charge in [-0.15, -0.1) is 0 Å². The molecule has 0 aliphatic heterocycles. The molecule has 1 heterocycles. The molecule has 8 heteroatoms. The fraction of sp³-hybridized carbons (Fsp3) is 0.0500. The van der Waals surface area contributed by atoms with E-state index in [0.29, 0.717) is 23.6 Å². The van der Waals surface area contributed by atoms with Gasteiger partial charge in [-0.2, -0.15) is 8.78 Å². The number of carbonyl (C=O) groups is 1. The number of ether oxygens (including phenoxy) is 1. The number of nitrogens with zero attached hydrogens (tertiary/aromatic N) is 2. The number of benzene rings is 2. The molecule has 0 radical (unpaired) electrons. The van der Waals surface area contributed by atoms with Crippen molar-refractivity contribution in [2.45, 2.75) is 5.92 Å². The van der Waals surface area contributed by atoms with Gasteiger partial charge in [0.05, 0.1) is 18.3 Å². The zero-order valence-electron chi connectivity index (χ0n) is 14.0. The topological polar surface area (TPSA) is 43.5 Å². The molecule has 0 amide bonds. The van der Waals surface area contributed by atoms with E-state index in [9.17, 15) is 22.4 Å². The Kier molecular flexibility index (Phi) is 5.09. The molecule has 0 saturated carbocycles. The summed E-state index contributed by atoms with van der Waals surface area (Å²) in [5.41, 5.74) is -1.43. The van der Waals surface area contributed by atoms with Gasteiger partial charge in [-0.05, 0) is 36.4 Å². The second-order valence-electron chi connectivity index (χ2n) is 5.61. The molecule has 1 aromatic heterocycles. The predicted molar refractivity (Wildman–Crippen MR) is 91.6 cm³/mol. The van der Waals surface area contributed by atoms with Gasteiger partial charge >= 0.3 is 5.92 Å². The SMILES string of the molecule is [C-]#[N+]c1ccc(Oc2ccc(C(F)(F)C(=O)c3ccc(F)cc3F)nc2)cc1. The molecule has 0 aliphatic carbocycles. The minimum Gasteiger partial charge on any atom is -0.456 e. The Morgan fingerprint density at radius 3 is 2.25 bits per heavy atom. The zero-order valence-corrected chi connectivity index (χ0v) is 14.0. The molecule has 0 N–H and O–H groups in total. The lowest BCUT2D eigenvalue weighted by Crippen LogP contribution is -2.28. The average molecular weight is 386 g/mol. The van der Waals surface area contributed by atoms with Crippen LogP contribution in [0.15, 0.2) is 60.8 Å². The van der Waals surface area contributed by atoms with E-state index < -0.39 is 34.6 Å². The standard InChI is InChI=1S/C20H10F4N2O2/c1-25-13-3-5-14(6-4-13)28-15-7-9-18(26-11-15)20(23,24)19(27)16-8-2-12(21)10-17(16)22/h2-11H. The first-order valence-electron chi connectivity index (χ1n) is 7.81. The maximum Gasteiger partial charge on any atom is 0.351 e. The van der Waals surface area contributed by atoms with Crippen LogP contribution in [0.3, 0.4) is 0 Å². The van der Waals surface area contributed by atoms with Crippen LogP contribution >= 0.6 is 0 Å². The van der Waals surface area contributed by atoms with Crippen molar-refractivity contribution in [2.24, 2.45) is 0 Å². The number of rotatable bonds is 5. The largest absolute Gasteiger partial charge is 0.456 e. The molecule has 0 bridgehead atoms. The molecule has 0 saturated heterocycles. The highest BCUT2D eigenvalue weighted by Crippen LogP contribution is 2.33. The third kappa shape index (κ3) is 3.83. The molecule has 140 valence electrons. The fourth-order valence-electron chi connectivity index (χ4n) is 2.31. The van der Waals surface area contributed by atoms with Crippen LogP contribution in [-0.2, 0) is 5.92 Å². The number of halogens is 4. The Hall–Kier alpha value is -3.73.